The highest BCUT2D eigenvalue weighted by Gasteiger charge is 2.23. The van der Waals surface area contributed by atoms with Crippen LogP contribution in [0.4, 0.5) is 5.69 Å². The molecule has 6 heteroatoms. The van der Waals surface area contributed by atoms with Crippen LogP contribution in [0.15, 0.2) is 72.8 Å². The third kappa shape index (κ3) is 4.86. The first-order valence-electron chi connectivity index (χ1n) is 10.8. The Morgan fingerprint density at radius 1 is 1.00 bits per heavy atom. The van der Waals surface area contributed by atoms with Gasteiger partial charge in [-0.3, -0.25) is 9.10 Å². The van der Waals surface area contributed by atoms with E-state index in [-0.39, 0.29) is 18.5 Å². The van der Waals surface area contributed by atoms with Crippen molar-refractivity contribution in [2.45, 2.75) is 38.8 Å². The van der Waals surface area contributed by atoms with Gasteiger partial charge >= 0.3 is 0 Å². The summed E-state index contributed by atoms with van der Waals surface area (Å²) in [6.45, 7) is 2.21. The molecular formula is C26H28N2O3S. The van der Waals surface area contributed by atoms with Gasteiger partial charge in [0.2, 0.25) is 10.0 Å². The van der Waals surface area contributed by atoms with Crippen molar-refractivity contribution >= 4 is 21.6 Å². The summed E-state index contributed by atoms with van der Waals surface area (Å²) < 4.78 is 26.4. The van der Waals surface area contributed by atoms with Gasteiger partial charge < -0.3 is 5.32 Å². The first-order valence-corrected chi connectivity index (χ1v) is 12.7. The maximum absolute atomic E-state index is 12.9. The second kappa shape index (κ2) is 9.17. The van der Waals surface area contributed by atoms with Gasteiger partial charge in [0.05, 0.1) is 24.5 Å². The van der Waals surface area contributed by atoms with Gasteiger partial charge in [-0.15, -0.1) is 0 Å². The second-order valence-electron chi connectivity index (χ2n) is 8.36. The lowest BCUT2D eigenvalue weighted by molar-refractivity contribution is 0.0932. The summed E-state index contributed by atoms with van der Waals surface area (Å²) in [7, 11) is -3.49. The number of hydrogen-bond donors (Lipinski definition) is 1. The zero-order chi connectivity index (χ0) is 22.7. The van der Waals surface area contributed by atoms with Gasteiger partial charge in [-0.25, -0.2) is 8.42 Å². The molecule has 0 spiro atoms. The molecule has 0 radical (unpaired) electrons. The van der Waals surface area contributed by atoms with Crippen molar-refractivity contribution in [1.82, 2.24) is 5.32 Å². The Bertz CT molecular complexity index is 1220. The van der Waals surface area contributed by atoms with Crippen molar-refractivity contribution in [2.75, 3.05) is 10.6 Å². The first kappa shape index (κ1) is 22.1. The molecule has 4 rings (SSSR count). The van der Waals surface area contributed by atoms with Crippen molar-refractivity contribution in [2.24, 2.45) is 0 Å². The maximum atomic E-state index is 12.9. The minimum absolute atomic E-state index is 0.000649. The van der Waals surface area contributed by atoms with Crippen LogP contribution in [0.1, 0.15) is 51.5 Å². The van der Waals surface area contributed by atoms with Crippen LogP contribution in [0, 0.1) is 6.92 Å². The standard InChI is InChI=1S/C26H28N2O3S/c1-19-8-3-4-10-22(19)18-28(32(2,30)31)23-16-14-21(15-17-23)26(29)27-25-13-7-11-20-9-5-6-12-24(20)25/h3-6,8-10,12,14-17,25H,7,11,13,18H2,1-2H3,(H,27,29)/t25-/m1/s1. The van der Waals surface area contributed by atoms with E-state index in [1.807, 2.05) is 43.3 Å². The molecule has 0 heterocycles. The van der Waals surface area contributed by atoms with Crippen molar-refractivity contribution < 1.29 is 13.2 Å². The van der Waals surface area contributed by atoms with Crippen LogP contribution in [0.25, 0.3) is 0 Å². The lowest BCUT2D eigenvalue weighted by atomic mass is 9.87. The Morgan fingerprint density at radius 2 is 1.69 bits per heavy atom. The van der Waals surface area contributed by atoms with E-state index >= 15 is 0 Å². The Balaban J connectivity index is 1.52. The van der Waals surface area contributed by atoms with E-state index in [9.17, 15) is 13.2 Å². The number of benzene rings is 3. The van der Waals surface area contributed by atoms with Crippen LogP contribution in [-0.4, -0.2) is 20.6 Å². The Hall–Kier alpha value is -3.12. The summed E-state index contributed by atoms with van der Waals surface area (Å²) in [5.74, 6) is -0.150. The normalized spacial score (nSPS) is 15.6. The second-order valence-corrected chi connectivity index (χ2v) is 10.3. The number of rotatable bonds is 6. The van der Waals surface area contributed by atoms with Crippen LogP contribution in [0.2, 0.25) is 0 Å². The molecule has 3 aromatic rings. The summed E-state index contributed by atoms with van der Waals surface area (Å²) in [5.41, 5.74) is 5.50. The summed E-state index contributed by atoms with van der Waals surface area (Å²) in [6, 6.07) is 22.7. The number of anilines is 1. The van der Waals surface area contributed by atoms with Gasteiger partial charge in [-0.1, -0.05) is 48.5 Å². The SMILES string of the molecule is Cc1ccccc1CN(c1ccc(C(=O)N[C@@H]2CCCc3ccccc32)cc1)S(C)(=O)=O. The molecule has 1 N–H and O–H groups in total. The Labute approximate surface area is 190 Å². The number of carbonyl (C=O) groups excluding carboxylic acids is 1. The maximum Gasteiger partial charge on any atom is 0.251 e. The smallest absolute Gasteiger partial charge is 0.251 e. The minimum Gasteiger partial charge on any atom is -0.345 e. The quantitative estimate of drug-likeness (QED) is 0.591. The Kier molecular flexibility index (Phi) is 6.33. The average Bonchev–Trinajstić information content (AvgIpc) is 2.78. The van der Waals surface area contributed by atoms with E-state index in [1.165, 1.54) is 21.7 Å². The van der Waals surface area contributed by atoms with Crippen molar-refractivity contribution in [3.8, 4) is 0 Å². The van der Waals surface area contributed by atoms with Gasteiger partial charge in [-0.05, 0) is 72.7 Å². The molecular weight excluding hydrogens is 420 g/mol. The molecule has 1 amide bonds. The summed E-state index contributed by atoms with van der Waals surface area (Å²) in [4.78, 5) is 12.9. The number of nitrogens with one attached hydrogen (secondary N) is 1. The van der Waals surface area contributed by atoms with Crippen molar-refractivity contribution in [3.63, 3.8) is 0 Å². The molecule has 32 heavy (non-hydrogen) atoms. The highest BCUT2D eigenvalue weighted by molar-refractivity contribution is 7.92. The van der Waals surface area contributed by atoms with Crippen molar-refractivity contribution in [3.05, 3.63) is 101 Å². The van der Waals surface area contributed by atoms with Crippen molar-refractivity contribution in [1.29, 1.82) is 0 Å². The predicted octanol–water partition coefficient (Wildman–Crippen LogP) is 4.77. The topological polar surface area (TPSA) is 66.5 Å². The van der Waals surface area contributed by atoms with Crippen LogP contribution in [-0.2, 0) is 23.0 Å². The fraction of sp³-hybridized carbons (Fsp3) is 0.269. The summed E-state index contributed by atoms with van der Waals surface area (Å²) in [5, 5.41) is 3.15. The molecule has 0 aromatic heterocycles. The third-order valence-corrected chi connectivity index (χ3v) is 7.21. The summed E-state index contributed by atoms with van der Waals surface area (Å²) >= 11 is 0. The molecule has 1 aliphatic carbocycles. The van der Waals surface area contributed by atoms with E-state index in [2.05, 4.69) is 17.4 Å². The monoisotopic (exact) mass is 448 g/mol. The number of fused-ring (bicyclic) bond motifs is 1. The number of amides is 1. The number of aryl methyl sites for hydroxylation is 2. The minimum atomic E-state index is -3.49. The number of sulfonamides is 1. The zero-order valence-electron chi connectivity index (χ0n) is 18.4. The zero-order valence-corrected chi connectivity index (χ0v) is 19.2. The molecule has 1 atom stereocenters. The predicted molar refractivity (Wildman–Crippen MR) is 128 cm³/mol. The highest BCUT2D eigenvalue weighted by Crippen LogP contribution is 2.30. The molecule has 0 aliphatic heterocycles. The van der Waals surface area contributed by atoms with Crippen LogP contribution in [0.5, 0.6) is 0 Å². The van der Waals surface area contributed by atoms with Gasteiger partial charge in [0.25, 0.3) is 5.91 Å². The number of nitrogens with zero attached hydrogens (tertiary/aromatic N) is 1. The molecule has 0 unspecified atom stereocenters. The van der Waals surface area contributed by atoms with E-state index in [1.54, 1.807) is 24.3 Å². The average molecular weight is 449 g/mol. The van der Waals surface area contributed by atoms with E-state index < -0.39 is 10.0 Å². The number of carbonyl (C=O) groups is 1. The van der Waals surface area contributed by atoms with E-state index in [4.69, 9.17) is 0 Å². The highest BCUT2D eigenvalue weighted by atomic mass is 32.2. The molecule has 0 bridgehead atoms. The molecule has 1 aliphatic rings. The van der Waals surface area contributed by atoms with Gasteiger partial charge in [0.1, 0.15) is 0 Å². The largest absolute Gasteiger partial charge is 0.345 e. The van der Waals surface area contributed by atoms with Crippen LogP contribution >= 0.6 is 0 Å². The fourth-order valence-corrected chi connectivity index (χ4v) is 5.15. The molecule has 3 aromatic carbocycles. The molecule has 0 saturated heterocycles. The van der Waals surface area contributed by atoms with E-state index in [0.29, 0.717) is 11.3 Å². The number of hydrogen-bond acceptors (Lipinski definition) is 3. The molecule has 0 saturated carbocycles. The van der Waals surface area contributed by atoms with E-state index in [0.717, 1.165) is 30.4 Å². The van der Waals surface area contributed by atoms with Gasteiger partial charge in [0, 0.05) is 5.56 Å². The third-order valence-electron chi connectivity index (χ3n) is 6.07. The summed E-state index contributed by atoms with van der Waals surface area (Å²) in [6.07, 6.45) is 4.20. The van der Waals surface area contributed by atoms with Crippen LogP contribution < -0.4 is 9.62 Å². The first-order chi connectivity index (χ1) is 15.3. The van der Waals surface area contributed by atoms with Gasteiger partial charge in [0.15, 0.2) is 0 Å². The lowest BCUT2D eigenvalue weighted by Crippen LogP contribution is -2.31. The fourth-order valence-electron chi connectivity index (χ4n) is 4.27. The molecule has 166 valence electrons. The van der Waals surface area contributed by atoms with Gasteiger partial charge in [-0.2, -0.15) is 0 Å². The molecule has 5 nitrogen and oxygen atoms in total. The van der Waals surface area contributed by atoms with Crippen LogP contribution in [0.3, 0.4) is 0 Å². The molecule has 0 fully saturated rings. The Morgan fingerprint density at radius 3 is 2.41 bits per heavy atom. The lowest BCUT2D eigenvalue weighted by Gasteiger charge is -2.26.